The van der Waals surface area contributed by atoms with Gasteiger partial charge in [0.05, 0.1) is 25.5 Å². The molecule has 4 rings (SSSR count). The van der Waals surface area contributed by atoms with Gasteiger partial charge in [-0.05, 0) is 48.7 Å². The molecule has 0 spiro atoms. The molecule has 1 heterocycles. The predicted octanol–water partition coefficient (Wildman–Crippen LogP) is 4.95. The molecule has 1 N–H and O–H groups in total. The highest BCUT2D eigenvalue weighted by molar-refractivity contribution is 8.00. The molecule has 0 aliphatic carbocycles. The molecule has 0 saturated heterocycles. The molecule has 1 aliphatic heterocycles. The number of methoxy groups -OCH3 is 2. The van der Waals surface area contributed by atoms with E-state index in [4.69, 9.17) is 9.47 Å². The van der Waals surface area contributed by atoms with E-state index in [1.165, 1.54) is 17.3 Å². The fourth-order valence-electron chi connectivity index (χ4n) is 3.90. The normalized spacial score (nSPS) is 12.3. The highest BCUT2D eigenvalue weighted by Gasteiger charge is 2.24. The molecule has 0 radical (unpaired) electrons. The van der Waals surface area contributed by atoms with E-state index >= 15 is 0 Å². The molecule has 2 amide bonds. The second-order valence-electron chi connectivity index (χ2n) is 7.69. The number of hydrogen-bond acceptors (Lipinski definition) is 5. The summed E-state index contributed by atoms with van der Waals surface area (Å²) in [7, 11) is 3.13. The van der Waals surface area contributed by atoms with Gasteiger partial charge in [0.25, 0.3) is 5.91 Å². The Morgan fingerprint density at radius 2 is 1.70 bits per heavy atom. The molecule has 0 atom stereocenters. The van der Waals surface area contributed by atoms with Crippen LogP contribution in [0.25, 0.3) is 0 Å². The third-order valence-corrected chi connectivity index (χ3v) is 6.71. The maximum atomic E-state index is 13.1. The van der Waals surface area contributed by atoms with Crippen LogP contribution in [0.3, 0.4) is 0 Å². The van der Waals surface area contributed by atoms with E-state index in [2.05, 4.69) is 11.4 Å². The van der Waals surface area contributed by atoms with E-state index in [1.54, 1.807) is 26.4 Å². The quantitative estimate of drug-likeness (QED) is 0.504. The van der Waals surface area contributed by atoms with Crippen molar-refractivity contribution in [2.45, 2.75) is 18.2 Å². The molecule has 3 aromatic rings. The van der Waals surface area contributed by atoms with Crippen LogP contribution in [0.2, 0.25) is 0 Å². The predicted molar refractivity (Wildman–Crippen MR) is 132 cm³/mol. The third-order valence-electron chi connectivity index (χ3n) is 5.65. The number of benzene rings is 3. The van der Waals surface area contributed by atoms with Gasteiger partial charge in [-0.25, -0.2) is 0 Å². The third kappa shape index (κ3) is 4.83. The zero-order chi connectivity index (χ0) is 23.4. The van der Waals surface area contributed by atoms with Crippen LogP contribution in [0, 0.1) is 6.92 Å². The first kappa shape index (κ1) is 22.7. The van der Waals surface area contributed by atoms with Crippen LogP contribution in [0.15, 0.2) is 65.6 Å². The summed E-state index contributed by atoms with van der Waals surface area (Å²) >= 11 is 1.38. The lowest BCUT2D eigenvalue weighted by Gasteiger charge is -2.18. The molecule has 6 nitrogen and oxygen atoms in total. The number of rotatable bonds is 7. The fourth-order valence-corrected chi connectivity index (χ4v) is 4.83. The number of carbonyl (C=O) groups excluding carboxylic acids is 2. The zero-order valence-corrected chi connectivity index (χ0v) is 19.7. The minimum atomic E-state index is -0.243. The number of thioether (sulfide) groups is 1. The van der Waals surface area contributed by atoms with Crippen molar-refractivity contribution in [2.75, 3.05) is 36.7 Å². The second kappa shape index (κ2) is 10.0. The number of amides is 2. The van der Waals surface area contributed by atoms with E-state index in [9.17, 15) is 9.59 Å². The number of fused-ring (bicyclic) bond motifs is 1. The number of nitrogens with one attached hydrogen (secondary N) is 1. The Kier molecular flexibility index (Phi) is 6.89. The average Bonchev–Trinajstić information content (AvgIpc) is 3.28. The smallest absolute Gasteiger partial charge is 0.256 e. The Balaban J connectivity index is 1.48. The molecular formula is C26H26N2O4S. The van der Waals surface area contributed by atoms with Crippen molar-refractivity contribution in [1.82, 2.24) is 0 Å². The van der Waals surface area contributed by atoms with Gasteiger partial charge >= 0.3 is 0 Å². The summed E-state index contributed by atoms with van der Waals surface area (Å²) in [5, 5.41) is 2.97. The Morgan fingerprint density at radius 1 is 1.00 bits per heavy atom. The SMILES string of the molecule is COc1cc(C)c(NC(=O)c2ccccc2SCC(=O)N2CCc3ccccc32)cc1OC. The van der Waals surface area contributed by atoms with E-state index in [0.717, 1.165) is 22.6 Å². The summed E-state index contributed by atoms with van der Waals surface area (Å²) in [6.45, 7) is 2.59. The van der Waals surface area contributed by atoms with Gasteiger partial charge in [0, 0.05) is 28.9 Å². The first-order valence-corrected chi connectivity index (χ1v) is 11.6. The van der Waals surface area contributed by atoms with Crippen molar-refractivity contribution in [1.29, 1.82) is 0 Å². The van der Waals surface area contributed by atoms with Crippen LogP contribution >= 0.6 is 11.8 Å². The van der Waals surface area contributed by atoms with Gasteiger partial charge in [0.15, 0.2) is 11.5 Å². The molecule has 0 fully saturated rings. The van der Waals surface area contributed by atoms with E-state index in [-0.39, 0.29) is 17.6 Å². The Hall–Kier alpha value is -3.45. The summed E-state index contributed by atoms with van der Waals surface area (Å²) in [4.78, 5) is 28.6. The van der Waals surface area contributed by atoms with Crippen molar-refractivity contribution >= 4 is 35.0 Å². The van der Waals surface area contributed by atoms with Gasteiger partial charge in [0.2, 0.25) is 5.91 Å². The number of aryl methyl sites for hydroxylation is 1. The van der Waals surface area contributed by atoms with Crippen molar-refractivity contribution in [3.05, 3.63) is 77.4 Å². The zero-order valence-electron chi connectivity index (χ0n) is 18.9. The first-order chi connectivity index (χ1) is 16.0. The maximum Gasteiger partial charge on any atom is 0.256 e. The molecule has 7 heteroatoms. The maximum absolute atomic E-state index is 13.1. The summed E-state index contributed by atoms with van der Waals surface area (Å²) in [5.74, 6) is 1.19. The van der Waals surface area contributed by atoms with E-state index in [1.807, 2.05) is 54.3 Å². The molecule has 0 aromatic heterocycles. The fraction of sp³-hybridized carbons (Fsp3) is 0.231. The van der Waals surface area contributed by atoms with Gasteiger partial charge in [0.1, 0.15) is 0 Å². The van der Waals surface area contributed by atoms with Crippen molar-refractivity contribution in [3.8, 4) is 11.5 Å². The van der Waals surface area contributed by atoms with E-state index in [0.29, 0.717) is 29.3 Å². The monoisotopic (exact) mass is 462 g/mol. The second-order valence-corrected chi connectivity index (χ2v) is 8.70. The number of ether oxygens (including phenoxy) is 2. The Morgan fingerprint density at radius 3 is 2.48 bits per heavy atom. The minimum absolute atomic E-state index is 0.0379. The van der Waals surface area contributed by atoms with Crippen LogP contribution in [0.4, 0.5) is 11.4 Å². The summed E-state index contributed by atoms with van der Waals surface area (Å²) < 4.78 is 10.7. The first-order valence-electron chi connectivity index (χ1n) is 10.7. The number of nitrogens with zero attached hydrogens (tertiary/aromatic N) is 1. The van der Waals surface area contributed by atoms with Crippen molar-refractivity contribution in [2.24, 2.45) is 0 Å². The number of para-hydroxylation sites is 1. The molecular weight excluding hydrogens is 436 g/mol. The molecule has 1 aliphatic rings. The summed E-state index contributed by atoms with van der Waals surface area (Å²) in [6.07, 6.45) is 0.871. The lowest BCUT2D eigenvalue weighted by atomic mass is 10.1. The number of carbonyl (C=O) groups is 2. The molecule has 0 unspecified atom stereocenters. The average molecular weight is 463 g/mol. The van der Waals surface area contributed by atoms with Gasteiger partial charge in [-0.15, -0.1) is 11.8 Å². The molecule has 0 bridgehead atoms. The number of hydrogen-bond donors (Lipinski definition) is 1. The van der Waals surface area contributed by atoms with Crippen LogP contribution in [0.5, 0.6) is 11.5 Å². The van der Waals surface area contributed by atoms with Crippen LogP contribution in [-0.4, -0.2) is 38.3 Å². The molecule has 3 aromatic carbocycles. The van der Waals surface area contributed by atoms with Crippen molar-refractivity contribution in [3.63, 3.8) is 0 Å². The molecule has 33 heavy (non-hydrogen) atoms. The van der Waals surface area contributed by atoms with Crippen LogP contribution in [-0.2, 0) is 11.2 Å². The lowest BCUT2D eigenvalue weighted by Crippen LogP contribution is -2.30. The molecule has 170 valence electrons. The van der Waals surface area contributed by atoms with Gasteiger partial charge in [-0.2, -0.15) is 0 Å². The molecule has 0 saturated carbocycles. The standard InChI is InChI=1S/C26H26N2O4S/c1-17-14-22(31-2)23(32-3)15-20(17)27-26(30)19-9-5-7-11-24(19)33-16-25(29)28-13-12-18-8-4-6-10-21(18)28/h4-11,14-15H,12-13,16H2,1-3H3,(H,27,30). The Bertz CT molecular complexity index is 1190. The minimum Gasteiger partial charge on any atom is -0.493 e. The van der Waals surface area contributed by atoms with Gasteiger partial charge in [-0.3, -0.25) is 9.59 Å². The van der Waals surface area contributed by atoms with Crippen LogP contribution < -0.4 is 19.7 Å². The van der Waals surface area contributed by atoms with Gasteiger partial charge < -0.3 is 19.7 Å². The van der Waals surface area contributed by atoms with E-state index < -0.39 is 0 Å². The topological polar surface area (TPSA) is 67.9 Å². The largest absolute Gasteiger partial charge is 0.493 e. The van der Waals surface area contributed by atoms with Gasteiger partial charge in [-0.1, -0.05) is 30.3 Å². The highest BCUT2D eigenvalue weighted by Crippen LogP contribution is 2.34. The Labute approximate surface area is 197 Å². The number of anilines is 2. The lowest BCUT2D eigenvalue weighted by molar-refractivity contribution is -0.116. The summed E-state index contributed by atoms with van der Waals surface area (Å²) in [6, 6.07) is 18.9. The van der Waals surface area contributed by atoms with Crippen LogP contribution in [0.1, 0.15) is 21.5 Å². The highest BCUT2D eigenvalue weighted by atomic mass is 32.2. The summed E-state index contributed by atoms with van der Waals surface area (Å²) in [5.41, 5.74) is 4.20. The van der Waals surface area contributed by atoms with Crippen molar-refractivity contribution < 1.29 is 19.1 Å².